The van der Waals surface area contributed by atoms with Crippen LogP contribution < -0.4 is 9.47 Å². The Morgan fingerprint density at radius 3 is 2.65 bits per heavy atom. The molecule has 2 amide bonds. The fraction of sp³-hybridized carbons (Fsp3) is 0.182. The summed E-state index contributed by atoms with van der Waals surface area (Å²) in [4.78, 5) is 26.3. The molecule has 0 aromatic heterocycles. The lowest BCUT2D eigenvalue weighted by molar-refractivity contribution is -0.123. The number of amides is 2. The standard InChI is InChI=1S/C22H18Cl2FNO4S/c1-3-8-30-20-16(24)9-13(10-18(20)29-4-2)11-19-21(27)26(22(28)31-19)12-14-15(23)6-5-7-17(14)25/h3,5-7,9-11H,1,4,8,12H2,2H3/b19-11-. The maximum Gasteiger partial charge on any atom is 0.293 e. The number of carbonyl (C=O) groups is 2. The van der Waals surface area contributed by atoms with Crippen molar-refractivity contribution in [3.63, 3.8) is 0 Å². The average molecular weight is 482 g/mol. The maximum atomic E-state index is 14.1. The van der Waals surface area contributed by atoms with Gasteiger partial charge in [0.05, 0.1) is 23.1 Å². The molecule has 0 spiro atoms. The second kappa shape index (κ2) is 10.2. The minimum absolute atomic E-state index is 0.0816. The average Bonchev–Trinajstić information content (AvgIpc) is 2.97. The molecule has 31 heavy (non-hydrogen) atoms. The van der Waals surface area contributed by atoms with Crippen LogP contribution in [0.5, 0.6) is 11.5 Å². The molecule has 0 atom stereocenters. The summed E-state index contributed by atoms with van der Waals surface area (Å²) in [6.45, 7) is 5.79. The Balaban J connectivity index is 1.89. The molecule has 1 fully saturated rings. The lowest BCUT2D eigenvalue weighted by Crippen LogP contribution is -2.28. The first-order valence-corrected chi connectivity index (χ1v) is 10.8. The molecule has 0 N–H and O–H groups in total. The minimum Gasteiger partial charge on any atom is -0.490 e. The molecular weight excluding hydrogens is 464 g/mol. The van der Waals surface area contributed by atoms with Crippen molar-refractivity contribution in [3.8, 4) is 11.5 Å². The van der Waals surface area contributed by atoms with Gasteiger partial charge in [-0.3, -0.25) is 14.5 Å². The van der Waals surface area contributed by atoms with E-state index in [1.807, 2.05) is 6.92 Å². The van der Waals surface area contributed by atoms with Crippen LogP contribution in [0.4, 0.5) is 9.18 Å². The zero-order valence-electron chi connectivity index (χ0n) is 16.5. The predicted octanol–water partition coefficient (Wildman–Crippen LogP) is 6.33. The highest BCUT2D eigenvalue weighted by atomic mass is 35.5. The van der Waals surface area contributed by atoms with E-state index in [4.69, 9.17) is 32.7 Å². The number of nitrogens with zero attached hydrogens (tertiary/aromatic N) is 1. The Kier molecular flexibility index (Phi) is 7.64. The Morgan fingerprint density at radius 2 is 1.97 bits per heavy atom. The van der Waals surface area contributed by atoms with Crippen molar-refractivity contribution in [2.24, 2.45) is 0 Å². The summed E-state index contributed by atoms with van der Waals surface area (Å²) < 4.78 is 25.2. The van der Waals surface area contributed by atoms with E-state index in [0.29, 0.717) is 23.7 Å². The fourth-order valence-corrected chi connectivity index (χ4v) is 4.18. The second-order valence-corrected chi connectivity index (χ2v) is 8.14. The summed E-state index contributed by atoms with van der Waals surface area (Å²) in [7, 11) is 0. The summed E-state index contributed by atoms with van der Waals surface area (Å²) in [6, 6.07) is 7.45. The molecule has 0 aliphatic carbocycles. The molecule has 162 valence electrons. The number of thioether (sulfide) groups is 1. The molecule has 0 bridgehead atoms. The van der Waals surface area contributed by atoms with Gasteiger partial charge in [-0.25, -0.2) is 4.39 Å². The minimum atomic E-state index is -0.584. The third kappa shape index (κ3) is 5.23. The van der Waals surface area contributed by atoms with Gasteiger partial charge in [-0.15, -0.1) is 0 Å². The van der Waals surface area contributed by atoms with Crippen molar-refractivity contribution in [1.82, 2.24) is 4.90 Å². The quantitative estimate of drug-likeness (QED) is 0.325. The van der Waals surface area contributed by atoms with Gasteiger partial charge in [-0.05, 0) is 54.6 Å². The lowest BCUT2D eigenvalue weighted by atomic mass is 10.1. The zero-order valence-corrected chi connectivity index (χ0v) is 18.8. The van der Waals surface area contributed by atoms with Gasteiger partial charge in [0.1, 0.15) is 12.4 Å². The molecule has 9 heteroatoms. The normalized spacial score (nSPS) is 15.0. The molecule has 1 saturated heterocycles. The summed E-state index contributed by atoms with van der Waals surface area (Å²) in [5.74, 6) is -0.363. The van der Waals surface area contributed by atoms with Gasteiger partial charge in [0.15, 0.2) is 11.5 Å². The third-order valence-electron chi connectivity index (χ3n) is 4.23. The SMILES string of the molecule is C=CCOc1c(Cl)cc(/C=C2\SC(=O)N(Cc3c(F)cccc3Cl)C2=O)cc1OCC. The predicted molar refractivity (Wildman–Crippen MR) is 121 cm³/mol. The first-order valence-electron chi connectivity index (χ1n) is 9.24. The smallest absolute Gasteiger partial charge is 0.293 e. The van der Waals surface area contributed by atoms with E-state index in [9.17, 15) is 14.0 Å². The number of carbonyl (C=O) groups excluding carboxylic acids is 2. The largest absolute Gasteiger partial charge is 0.490 e. The molecule has 0 saturated carbocycles. The first-order chi connectivity index (χ1) is 14.8. The van der Waals surface area contributed by atoms with Crippen LogP contribution in [0.3, 0.4) is 0 Å². The van der Waals surface area contributed by atoms with Crippen molar-refractivity contribution in [3.05, 3.63) is 74.9 Å². The van der Waals surface area contributed by atoms with E-state index in [2.05, 4.69) is 6.58 Å². The molecule has 5 nitrogen and oxygen atoms in total. The molecular formula is C22H18Cl2FNO4S. The molecule has 0 unspecified atom stereocenters. The number of imide groups is 1. The highest BCUT2D eigenvalue weighted by molar-refractivity contribution is 8.18. The van der Waals surface area contributed by atoms with Crippen LogP contribution in [0.15, 0.2) is 47.9 Å². The van der Waals surface area contributed by atoms with E-state index >= 15 is 0 Å². The monoisotopic (exact) mass is 481 g/mol. The van der Waals surface area contributed by atoms with Gasteiger partial charge in [-0.1, -0.05) is 41.9 Å². The van der Waals surface area contributed by atoms with Crippen LogP contribution in [0.2, 0.25) is 10.0 Å². The molecule has 1 heterocycles. The summed E-state index contributed by atoms with van der Waals surface area (Å²) >= 11 is 13.1. The second-order valence-electron chi connectivity index (χ2n) is 6.33. The van der Waals surface area contributed by atoms with Crippen LogP contribution >= 0.6 is 35.0 Å². The lowest BCUT2D eigenvalue weighted by Gasteiger charge is -2.14. The summed E-state index contributed by atoms with van der Waals surface area (Å²) in [5, 5.41) is -0.0830. The molecule has 3 rings (SSSR count). The van der Waals surface area contributed by atoms with Gasteiger partial charge in [0.2, 0.25) is 0 Å². The van der Waals surface area contributed by atoms with Crippen LogP contribution in [0.1, 0.15) is 18.1 Å². The summed E-state index contributed by atoms with van der Waals surface area (Å²) in [6.07, 6.45) is 3.11. The molecule has 2 aromatic rings. The van der Waals surface area contributed by atoms with Gasteiger partial charge < -0.3 is 9.47 Å². The Bertz CT molecular complexity index is 1050. The number of halogens is 3. The van der Waals surface area contributed by atoms with Gasteiger partial charge >= 0.3 is 0 Å². The van der Waals surface area contributed by atoms with Crippen molar-refractivity contribution in [2.75, 3.05) is 13.2 Å². The summed E-state index contributed by atoms with van der Waals surface area (Å²) in [5.41, 5.74) is 0.631. The van der Waals surface area contributed by atoms with Gasteiger partial charge in [0.25, 0.3) is 11.1 Å². The number of hydrogen-bond acceptors (Lipinski definition) is 5. The van der Waals surface area contributed by atoms with Crippen molar-refractivity contribution < 1.29 is 23.5 Å². The van der Waals surface area contributed by atoms with Crippen molar-refractivity contribution >= 4 is 52.2 Å². The van der Waals surface area contributed by atoms with Crippen molar-refractivity contribution in [2.45, 2.75) is 13.5 Å². The van der Waals surface area contributed by atoms with Crippen LogP contribution in [-0.2, 0) is 11.3 Å². The Labute approximate surface area is 193 Å². The van der Waals surface area contributed by atoms with E-state index in [0.717, 1.165) is 16.7 Å². The number of benzene rings is 2. The maximum absolute atomic E-state index is 14.1. The van der Waals surface area contributed by atoms with Crippen LogP contribution in [0, 0.1) is 5.82 Å². The Morgan fingerprint density at radius 1 is 1.19 bits per heavy atom. The molecule has 1 aliphatic heterocycles. The first kappa shape index (κ1) is 23.2. The molecule has 2 aromatic carbocycles. The molecule has 0 radical (unpaired) electrons. The molecule has 1 aliphatic rings. The van der Waals surface area contributed by atoms with Gasteiger partial charge in [-0.2, -0.15) is 0 Å². The van der Waals surface area contributed by atoms with E-state index in [1.165, 1.54) is 24.3 Å². The highest BCUT2D eigenvalue weighted by Crippen LogP contribution is 2.39. The number of rotatable bonds is 8. The van der Waals surface area contributed by atoms with E-state index < -0.39 is 17.0 Å². The zero-order chi connectivity index (χ0) is 22.5. The van der Waals surface area contributed by atoms with Gasteiger partial charge in [0, 0.05) is 10.6 Å². The van der Waals surface area contributed by atoms with E-state index in [-0.39, 0.29) is 33.7 Å². The van der Waals surface area contributed by atoms with E-state index in [1.54, 1.807) is 18.2 Å². The number of hydrogen-bond donors (Lipinski definition) is 0. The number of ether oxygens (including phenoxy) is 2. The van der Waals surface area contributed by atoms with Crippen LogP contribution in [0.25, 0.3) is 6.08 Å². The Hall–Kier alpha value is -2.48. The van der Waals surface area contributed by atoms with Crippen molar-refractivity contribution in [1.29, 1.82) is 0 Å². The fourth-order valence-electron chi connectivity index (χ4n) is 2.85. The van der Waals surface area contributed by atoms with Crippen LogP contribution in [-0.4, -0.2) is 29.3 Å². The highest BCUT2D eigenvalue weighted by Gasteiger charge is 2.36. The topological polar surface area (TPSA) is 55.8 Å². The third-order valence-corrected chi connectivity index (χ3v) is 5.77.